The van der Waals surface area contributed by atoms with Gasteiger partial charge in [-0.2, -0.15) is 0 Å². The molecule has 5 heteroatoms. The van der Waals surface area contributed by atoms with Crippen LogP contribution in [0.1, 0.15) is 0 Å². The Bertz CT molecular complexity index is 481. The topological polar surface area (TPSA) is 53.1 Å². The van der Waals surface area contributed by atoms with Gasteiger partial charge >= 0.3 is 0 Å². The molecule has 80 valence electrons. The van der Waals surface area contributed by atoms with Gasteiger partial charge in [0.05, 0.1) is 10.9 Å². The van der Waals surface area contributed by atoms with E-state index >= 15 is 0 Å². The van der Waals surface area contributed by atoms with Gasteiger partial charge < -0.3 is 10.5 Å². The van der Waals surface area contributed by atoms with Crippen molar-refractivity contribution in [3.63, 3.8) is 0 Å². The second-order valence-corrected chi connectivity index (χ2v) is 3.66. The molecule has 0 radical (unpaired) electrons. The van der Waals surface area contributed by atoms with Crippen molar-refractivity contribution in [2.45, 2.75) is 0 Å². The molecule has 0 amide bonds. The molecule has 4 nitrogen and oxygen atoms in total. The molecule has 0 spiro atoms. The van der Waals surface area contributed by atoms with Crippen molar-refractivity contribution < 1.29 is 4.74 Å². The van der Waals surface area contributed by atoms with Gasteiger partial charge in [0.2, 0.25) is 5.88 Å². The van der Waals surface area contributed by atoms with E-state index in [1.165, 1.54) is 0 Å². The fourth-order valence-electron chi connectivity index (χ4n) is 1.46. The summed E-state index contributed by atoms with van der Waals surface area (Å²) in [6.45, 7) is 0.945. The Balaban J connectivity index is 2.48. The Morgan fingerprint density at radius 3 is 3.07 bits per heavy atom. The van der Waals surface area contributed by atoms with E-state index in [1.807, 2.05) is 25.2 Å². The summed E-state index contributed by atoms with van der Waals surface area (Å²) in [4.78, 5) is 0. The van der Waals surface area contributed by atoms with Crippen LogP contribution in [-0.2, 0) is 7.05 Å². The van der Waals surface area contributed by atoms with Crippen molar-refractivity contribution in [1.82, 2.24) is 9.78 Å². The van der Waals surface area contributed by atoms with Gasteiger partial charge in [0.15, 0.2) is 0 Å². The zero-order valence-electron chi connectivity index (χ0n) is 8.40. The van der Waals surface area contributed by atoms with Crippen LogP contribution in [0.25, 0.3) is 10.9 Å². The molecule has 0 fully saturated rings. The minimum Gasteiger partial charge on any atom is -0.475 e. The van der Waals surface area contributed by atoms with Crippen molar-refractivity contribution in [3.8, 4) is 5.88 Å². The number of nitrogens with two attached hydrogens (primary N) is 1. The lowest BCUT2D eigenvalue weighted by Crippen LogP contribution is -2.11. The van der Waals surface area contributed by atoms with Crippen molar-refractivity contribution in [2.75, 3.05) is 13.2 Å². The van der Waals surface area contributed by atoms with E-state index in [2.05, 4.69) is 5.10 Å². The monoisotopic (exact) mass is 225 g/mol. The molecule has 0 saturated carbocycles. The lowest BCUT2D eigenvalue weighted by atomic mass is 10.2. The maximum absolute atomic E-state index is 5.90. The smallest absolute Gasteiger partial charge is 0.240 e. The molecule has 0 aliphatic carbocycles. The molecular weight excluding hydrogens is 214 g/mol. The van der Waals surface area contributed by atoms with Crippen LogP contribution >= 0.6 is 11.6 Å². The largest absolute Gasteiger partial charge is 0.475 e. The number of fused-ring (bicyclic) bond motifs is 1. The molecule has 2 rings (SSSR count). The maximum Gasteiger partial charge on any atom is 0.240 e. The molecule has 2 N–H and O–H groups in total. The van der Waals surface area contributed by atoms with Crippen LogP contribution in [0.2, 0.25) is 5.02 Å². The first-order chi connectivity index (χ1) is 7.22. The van der Waals surface area contributed by atoms with Gasteiger partial charge in [-0.15, -0.1) is 5.10 Å². The summed E-state index contributed by atoms with van der Waals surface area (Å²) in [6, 6.07) is 5.58. The third-order valence-electron chi connectivity index (χ3n) is 2.14. The average molecular weight is 226 g/mol. The van der Waals surface area contributed by atoms with Gasteiger partial charge in [-0.1, -0.05) is 11.6 Å². The molecular formula is C10H12ClN3O. The summed E-state index contributed by atoms with van der Waals surface area (Å²) < 4.78 is 7.17. The second kappa shape index (κ2) is 4.08. The van der Waals surface area contributed by atoms with Crippen LogP contribution in [0.15, 0.2) is 18.2 Å². The number of benzene rings is 1. The summed E-state index contributed by atoms with van der Waals surface area (Å²) in [5.74, 6) is 0.606. The molecule has 1 aromatic heterocycles. The average Bonchev–Trinajstić information content (AvgIpc) is 2.53. The quantitative estimate of drug-likeness (QED) is 0.863. The van der Waals surface area contributed by atoms with Crippen LogP contribution in [0.5, 0.6) is 5.88 Å². The fourth-order valence-corrected chi connectivity index (χ4v) is 1.63. The van der Waals surface area contributed by atoms with Crippen LogP contribution in [0, 0.1) is 0 Å². The summed E-state index contributed by atoms with van der Waals surface area (Å²) in [7, 11) is 1.86. The van der Waals surface area contributed by atoms with Gasteiger partial charge in [0, 0.05) is 18.6 Å². The van der Waals surface area contributed by atoms with E-state index in [-0.39, 0.29) is 0 Å². The van der Waals surface area contributed by atoms with E-state index in [0.29, 0.717) is 24.1 Å². The van der Waals surface area contributed by atoms with Crippen molar-refractivity contribution in [1.29, 1.82) is 0 Å². The van der Waals surface area contributed by atoms with E-state index in [0.717, 1.165) is 10.9 Å². The molecule has 0 bridgehead atoms. The molecule has 1 heterocycles. The molecule has 0 atom stereocenters. The SMILES string of the molecule is Cn1nc(OCCN)c2ccc(Cl)cc21. The van der Waals surface area contributed by atoms with Crippen LogP contribution in [0.3, 0.4) is 0 Å². The lowest BCUT2D eigenvalue weighted by molar-refractivity contribution is 0.315. The summed E-state index contributed by atoms with van der Waals surface area (Å²) in [5, 5.41) is 5.89. The molecule has 0 aliphatic heterocycles. The number of aryl methyl sites for hydroxylation is 1. The number of rotatable bonds is 3. The lowest BCUT2D eigenvalue weighted by Gasteiger charge is -1.99. The number of hydrogen-bond acceptors (Lipinski definition) is 3. The van der Waals surface area contributed by atoms with E-state index in [1.54, 1.807) is 4.68 Å². The normalized spacial score (nSPS) is 10.9. The van der Waals surface area contributed by atoms with E-state index < -0.39 is 0 Å². The highest BCUT2D eigenvalue weighted by Crippen LogP contribution is 2.26. The highest BCUT2D eigenvalue weighted by molar-refractivity contribution is 6.31. The molecule has 1 aromatic carbocycles. The number of hydrogen-bond donors (Lipinski definition) is 1. The Morgan fingerprint density at radius 2 is 2.33 bits per heavy atom. The Hall–Kier alpha value is -1.26. The van der Waals surface area contributed by atoms with Crippen molar-refractivity contribution in [2.24, 2.45) is 12.8 Å². The zero-order valence-corrected chi connectivity index (χ0v) is 9.16. The van der Waals surface area contributed by atoms with E-state index in [9.17, 15) is 0 Å². The van der Waals surface area contributed by atoms with Gasteiger partial charge in [0.25, 0.3) is 0 Å². The third kappa shape index (κ3) is 1.91. The molecule has 0 aliphatic rings. The summed E-state index contributed by atoms with van der Waals surface area (Å²) in [5.41, 5.74) is 6.32. The van der Waals surface area contributed by atoms with Crippen molar-refractivity contribution >= 4 is 22.5 Å². The molecule has 2 aromatic rings. The van der Waals surface area contributed by atoms with Crippen LogP contribution in [0.4, 0.5) is 0 Å². The first kappa shape index (κ1) is 10.3. The predicted octanol–water partition coefficient (Wildman–Crippen LogP) is 1.56. The number of halogens is 1. The fraction of sp³-hybridized carbons (Fsp3) is 0.300. The Labute approximate surface area is 92.6 Å². The van der Waals surface area contributed by atoms with Crippen LogP contribution in [-0.4, -0.2) is 22.9 Å². The minimum atomic E-state index is 0.467. The van der Waals surface area contributed by atoms with Crippen LogP contribution < -0.4 is 10.5 Å². The number of ether oxygens (including phenoxy) is 1. The van der Waals surface area contributed by atoms with Gasteiger partial charge in [-0.25, -0.2) is 0 Å². The number of nitrogens with zero attached hydrogens (tertiary/aromatic N) is 2. The first-order valence-electron chi connectivity index (χ1n) is 4.67. The number of aromatic nitrogens is 2. The minimum absolute atomic E-state index is 0.467. The van der Waals surface area contributed by atoms with Gasteiger partial charge in [-0.05, 0) is 18.2 Å². The zero-order chi connectivity index (χ0) is 10.8. The summed E-state index contributed by atoms with van der Waals surface area (Å²) >= 11 is 5.90. The predicted molar refractivity (Wildman–Crippen MR) is 60.3 cm³/mol. The van der Waals surface area contributed by atoms with Gasteiger partial charge in [-0.3, -0.25) is 4.68 Å². The first-order valence-corrected chi connectivity index (χ1v) is 5.05. The highest BCUT2D eigenvalue weighted by Gasteiger charge is 2.09. The second-order valence-electron chi connectivity index (χ2n) is 3.23. The standard InChI is InChI=1S/C10H12ClN3O/c1-14-9-6-7(11)2-3-8(9)10(13-14)15-5-4-12/h2-3,6H,4-5,12H2,1H3. The maximum atomic E-state index is 5.90. The molecule has 0 saturated heterocycles. The van der Waals surface area contributed by atoms with E-state index in [4.69, 9.17) is 22.1 Å². The Morgan fingerprint density at radius 1 is 1.53 bits per heavy atom. The van der Waals surface area contributed by atoms with Crippen molar-refractivity contribution in [3.05, 3.63) is 23.2 Å². The highest BCUT2D eigenvalue weighted by atomic mass is 35.5. The molecule has 15 heavy (non-hydrogen) atoms. The Kier molecular flexibility index (Phi) is 2.79. The third-order valence-corrected chi connectivity index (χ3v) is 2.37. The molecule has 0 unspecified atom stereocenters. The van der Waals surface area contributed by atoms with Gasteiger partial charge in [0.1, 0.15) is 6.61 Å². The summed E-state index contributed by atoms with van der Waals surface area (Å²) in [6.07, 6.45) is 0.